The molecule has 0 spiro atoms. The maximum atomic E-state index is 12.6. The third kappa shape index (κ3) is 15.4. The van der Waals surface area contributed by atoms with Crippen molar-refractivity contribution in [2.24, 2.45) is 11.3 Å². The molecule has 0 radical (unpaired) electrons. The lowest BCUT2D eigenvalue weighted by Gasteiger charge is -2.32. The predicted molar refractivity (Wildman–Crippen MR) is 221 cm³/mol. The van der Waals surface area contributed by atoms with Crippen molar-refractivity contribution in [1.82, 2.24) is 0 Å². The zero-order chi connectivity index (χ0) is 42.8. The van der Waals surface area contributed by atoms with E-state index >= 15 is 0 Å². The number of carbonyl (C=O) groups excluding carboxylic acids is 6. The minimum atomic E-state index is -1.51. The summed E-state index contributed by atoms with van der Waals surface area (Å²) in [6.45, 7) is 15.2. The smallest absolute Gasteiger partial charge is 0.333 e. The van der Waals surface area contributed by atoms with E-state index in [9.17, 15) is 28.8 Å². The number of benzene rings is 2. The standard InChI is InChI=1S/C47H62O11/c1-9-11-12-13-35-14-16-37(17-15-35)38-18-20-41(36(10-2)24-38)39-19-21-42(40(25-39)26-54-45(52)31(3)4)55-27-47(30-58-46(53)32(5)6,28-56-43(50)22-33(7)48)29-57-44(51)23-34(8)49/h18-21,24-25,35,37H,3,5,9-17,22-23,26-30H2,1-2,4,6-8H3. The number of hydrogen-bond donors (Lipinski definition) is 0. The Bertz CT molecular complexity index is 1770. The number of aryl methyl sites for hydroxylation is 1. The van der Waals surface area contributed by atoms with Crippen molar-refractivity contribution in [2.75, 3.05) is 26.4 Å². The van der Waals surface area contributed by atoms with Gasteiger partial charge in [-0.25, -0.2) is 9.59 Å². The van der Waals surface area contributed by atoms with Crippen LogP contribution in [0, 0.1) is 11.3 Å². The van der Waals surface area contributed by atoms with Gasteiger partial charge in [0.15, 0.2) is 0 Å². The van der Waals surface area contributed by atoms with Crippen LogP contribution in [0.25, 0.3) is 11.1 Å². The van der Waals surface area contributed by atoms with Crippen LogP contribution in [0.4, 0.5) is 0 Å². The van der Waals surface area contributed by atoms with Crippen molar-refractivity contribution in [1.29, 1.82) is 0 Å². The molecule has 1 aliphatic carbocycles. The highest BCUT2D eigenvalue weighted by Crippen LogP contribution is 2.40. The average molecular weight is 803 g/mol. The van der Waals surface area contributed by atoms with Crippen LogP contribution >= 0.6 is 0 Å². The fraction of sp³-hybridized carbons (Fsp3) is 0.532. The molecule has 0 N–H and O–H groups in total. The van der Waals surface area contributed by atoms with Crippen molar-refractivity contribution < 1.29 is 52.5 Å². The highest BCUT2D eigenvalue weighted by molar-refractivity contribution is 5.94. The normalized spacial score (nSPS) is 15.1. The maximum Gasteiger partial charge on any atom is 0.333 e. The van der Waals surface area contributed by atoms with Gasteiger partial charge in [0, 0.05) is 16.7 Å². The summed E-state index contributed by atoms with van der Waals surface area (Å²) < 4.78 is 28.3. The largest absolute Gasteiger partial charge is 0.492 e. The van der Waals surface area contributed by atoms with Gasteiger partial charge in [-0.3, -0.25) is 19.2 Å². The van der Waals surface area contributed by atoms with Gasteiger partial charge in [0.1, 0.15) is 68.6 Å². The van der Waals surface area contributed by atoms with Crippen molar-refractivity contribution in [3.05, 3.63) is 77.4 Å². The first-order chi connectivity index (χ1) is 27.6. The molecule has 0 unspecified atom stereocenters. The molecule has 1 saturated carbocycles. The molecule has 1 aliphatic rings. The summed E-state index contributed by atoms with van der Waals surface area (Å²) in [4.78, 5) is 73.5. The van der Waals surface area contributed by atoms with E-state index in [1.807, 2.05) is 12.1 Å². The molecule has 2 aromatic rings. The van der Waals surface area contributed by atoms with Crippen LogP contribution in [0.1, 0.15) is 128 Å². The number of rotatable bonds is 24. The Morgan fingerprint density at radius 2 is 1.26 bits per heavy atom. The quantitative estimate of drug-likeness (QED) is 0.0329. The first-order valence-corrected chi connectivity index (χ1v) is 20.4. The van der Waals surface area contributed by atoms with E-state index in [1.54, 1.807) is 13.0 Å². The molecule has 0 amide bonds. The summed E-state index contributed by atoms with van der Waals surface area (Å²) in [5.74, 6) is -2.23. The summed E-state index contributed by atoms with van der Waals surface area (Å²) in [5, 5.41) is 0. The second-order valence-corrected chi connectivity index (χ2v) is 15.9. The Kier molecular flexibility index (Phi) is 19.1. The SMILES string of the molecule is C=C(C)C(=O)OCc1cc(-c2ccc(C3CCC(CCCCC)CC3)cc2CC)ccc1OCC(COC(=O)CC(C)=O)(COC(=O)CC(C)=O)COC(=O)C(=C)C. The second-order valence-electron chi connectivity index (χ2n) is 15.9. The second kappa shape index (κ2) is 23.4. The van der Waals surface area contributed by atoms with Crippen LogP contribution < -0.4 is 4.74 Å². The number of esters is 4. The van der Waals surface area contributed by atoms with Gasteiger partial charge in [0.05, 0.1) is 0 Å². The van der Waals surface area contributed by atoms with Crippen LogP contribution in [0.3, 0.4) is 0 Å². The van der Waals surface area contributed by atoms with Crippen LogP contribution in [0.2, 0.25) is 0 Å². The van der Waals surface area contributed by atoms with Gasteiger partial charge in [-0.2, -0.15) is 0 Å². The van der Waals surface area contributed by atoms with Gasteiger partial charge < -0.3 is 23.7 Å². The van der Waals surface area contributed by atoms with Crippen LogP contribution in [0.5, 0.6) is 5.75 Å². The highest BCUT2D eigenvalue weighted by atomic mass is 16.6. The molecule has 11 heteroatoms. The van der Waals surface area contributed by atoms with Crippen LogP contribution in [0.15, 0.2) is 60.7 Å². The Morgan fingerprint density at radius 3 is 1.81 bits per heavy atom. The minimum Gasteiger partial charge on any atom is -0.492 e. The molecule has 0 saturated heterocycles. The molecule has 0 heterocycles. The Hall–Kier alpha value is -5.06. The topological polar surface area (TPSA) is 149 Å². The average Bonchev–Trinajstić information content (AvgIpc) is 3.18. The Labute approximate surface area is 343 Å². The lowest BCUT2D eigenvalue weighted by Crippen LogP contribution is -2.44. The number of Topliss-reactive ketones (excluding diaryl/α,β-unsaturated/α-hetero) is 2. The van der Waals surface area contributed by atoms with Gasteiger partial charge in [0.25, 0.3) is 0 Å². The molecule has 0 aliphatic heterocycles. The van der Waals surface area contributed by atoms with Gasteiger partial charge in [-0.15, -0.1) is 0 Å². The zero-order valence-electron chi connectivity index (χ0n) is 35.3. The zero-order valence-corrected chi connectivity index (χ0v) is 35.3. The van der Waals surface area contributed by atoms with Gasteiger partial charge in [0.2, 0.25) is 0 Å². The van der Waals surface area contributed by atoms with Gasteiger partial charge in [-0.1, -0.05) is 77.0 Å². The van der Waals surface area contributed by atoms with Crippen molar-refractivity contribution >= 4 is 35.4 Å². The molecule has 3 rings (SSSR count). The van der Waals surface area contributed by atoms with E-state index in [-0.39, 0.29) is 24.4 Å². The summed E-state index contributed by atoms with van der Waals surface area (Å²) in [5.41, 5.74) is 3.79. The molecule has 11 nitrogen and oxygen atoms in total. The lowest BCUT2D eigenvalue weighted by atomic mass is 9.76. The molecule has 0 bridgehead atoms. The van der Waals surface area contributed by atoms with Crippen molar-refractivity contribution in [3.8, 4) is 16.9 Å². The highest BCUT2D eigenvalue weighted by Gasteiger charge is 2.38. The number of carbonyl (C=O) groups is 6. The third-order valence-corrected chi connectivity index (χ3v) is 10.4. The van der Waals surface area contributed by atoms with Crippen LogP contribution in [-0.2, 0) is 60.7 Å². The molecule has 0 aromatic heterocycles. The lowest BCUT2D eigenvalue weighted by molar-refractivity contribution is -0.163. The molecule has 2 aromatic carbocycles. The molecule has 316 valence electrons. The number of ether oxygens (including phenoxy) is 5. The number of hydrogen-bond acceptors (Lipinski definition) is 11. The van der Waals surface area contributed by atoms with E-state index in [2.05, 4.69) is 45.2 Å². The molecular weight excluding hydrogens is 741 g/mol. The van der Waals surface area contributed by atoms with Crippen molar-refractivity contribution in [2.45, 2.75) is 125 Å². The summed E-state index contributed by atoms with van der Waals surface area (Å²) in [6, 6.07) is 12.2. The van der Waals surface area contributed by atoms with Crippen LogP contribution in [-0.4, -0.2) is 61.9 Å². The molecule has 1 fully saturated rings. The fourth-order valence-electron chi connectivity index (χ4n) is 6.97. The molecule has 0 atom stereocenters. The fourth-order valence-corrected chi connectivity index (χ4v) is 6.97. The number of unbranched alkanes of at least 4 members (excludes halogenated alkanes) is 2. The third-order valence-electron chi connectivity index (χ3n) is 10.4. The van der Waals surface area contributed by atoms with Crippen molar-refractivity contribution in [3.63, 3.8) is 0 Å². The Morgan fingerprint density at radius 1 is 0.672 bits per heavy atom. The van der Waals surface area contributed by atoms with Gasteiger partial charge in [-0.05, 0) is 106 Å². The summed E-state index contributed by atoms with van der Waals surface area (Å²) in [6.07, 6.45) is 9.93. The predicted octanol–water partition coefficient (Wildman–Crippen LogP) is 8.92. The maximum absolute atomic E-state index is 12.6. The first kappa shape index (κ1) is 47.3. The monoisotopic (exact) mass is 802 g/mol. The molecular formula is C47H62O11. The van der Waals surface area contributed by atoms with E-state index in [0.717, 1.165) is 23.5 Å². The van der Waals surface area contributed by atoms with E-state index in [4.69, 9.17) is 23.7 Å². The van der Waals surface area contributed by atoms with E-state index < -0.39 is 73.5 Å². The minimum absolute atomic E-state index is 0.0961. The van der Waals surface area contributed by atoms with E-state index in [1.165, 1.54) is 83.3 Å². The summed E-state index contributed by atoms with van der Waals surface area (Å²) in [7, 11) is 0. The first-order valence-electron chi connectivity index (χ1n) is 20.4. The van der Waals surface area contributed by atoms with Gasteiger partial charge >= 0.3 is 23.9 Å². The number of ketones is 2. The Balaban J connectivity index is 1.98. The molecule has 58 heavy (non-hydrogen) atoms. The van der Waals surface area contributed by atoms with E-state index in [0.29, 0.717) is 17.2 Å². The summed E-state index contributed by atoms with van der Waals surface area (Å²) >= 11 is 0.